The monoisotopic (exact) mass is 1380 g/mol. The number of hydrogen-bond donors (Lipinski definition) is 2. The molecule has 0 unspecified atom stereocenters. The Balaban J connectivity index is 0.000000230. The van der Waals surface area contributed by atoms with Crippen molar-refractivity contribution in [2.24, 2.45) is 0 Å². The molecular weight excluding hydrogens is 1310 g/mol. The molecule has 27 heteroatoms. The van der Waals surface area contributed by atoms with Gasteiger partial charge in [0.2, 0.25) is 0 Å². The van der Waals surface area contributed by atoms with Crippen molar-refractivity contribution in [3.8, 4) is 50.6 Å². The standard InChI is InChI=1S/C25H25F3N2O5S.C24H25F3N2O3S.C20H19F3O4/c1-2-3-10-34-24(33)30(15-22-29-9-11-36-22)14-17-5-4-6-18(12-17)20-13-19(25(26,27)28)7-8-21(20)35-16-23(31)32;1-23(2,3)32-22(30)15-31-20-8-7-18(24(25,26)27)12-19(20)17-6-4-5-16(11-17)13-28-14-21-29-9-10-33-21;1-19(2,3)27-18(25)12-26-17-8-7-15(20(21,22)23)10-16(17)14-6-4-5-13(9-14)11-24/h4-9,11-13H,2-3,10,14-16H2,1H3,(H,31,32);4-12,28H,13-15H2,1-3H3;4-11H,12H2,1-3H3. The van der Waals surface area contributed by atoms with Crippen LogP contribution in [0.25, 0.3) is 33.4 Å². The number of aldehydes is 1. The molecule has 0 aliphatic heterocycles. The number of esters is 2. The van der Waals surface area contributed by atoms with E-state index in [0.29, 0.717) is 52.2 Å². The first-order chi connectivity index (χ1) is 45.2. The number of alkyl halides is 9. The molecule has 16 nitrogen and oxygen atoms in total. The van der Waals surface area contributed by atoms with Gasteiger partial charge in [-0.3, -0.25) is 9.69 Å². The van der Waals surface area contributed by atoms with Gasteiger partial charge >= 0.3 is 42.5 Å². The van der Waals surface area contributed by atoms with Gasteiger partial charge in [-0.05, 0) is 149 Å². The molecule has 0 radical (unpaired) electrons. The van der Waals surface area contributed by atoms with E-state index >= 15 is 0 Å². The maximum Gasteiger partial charge on any atom is 0.416 e. The maximum absolute atomic E-state index is 13.4. The predicted octanol–water partition coefficient (Wildman–Crippen LogP) is 17.0. The highest BCUT2D eigenvalue weighted by molar-refractivity contribution is 7.09. The van der Waals surface area contributed by atoms with Gasteiger partial charge in [0, 0.05) is 65.0 Å². The summed E-state index contributed by atoms with van der Waals surface area (Å²) in [4.78, 5) is 68.4. The number of amides is 1. The molecule has 1 amide bonds. The van der Waals surface area contributed by atoms with Crippen LogP contribution in [0.2, 0.25) is 0 Å². The molecule has 0 bridgehead atoms. The predicted molar refractivity (Wildman–Crippen MR) is 342 cm³/mol. The lowest BCUT2D eigenvalue weighted by Gasteiger charge is -2.22. The number of carboxylic acids is 1. The van der Waals surface area contributed by atoms with Gasteiger partial charge in [0.25, 0.3) is 0 Å². The van der Waals surface area contributed by atoms with E-state index in [1.807, 2.05) is 18.4 Å². The second-order valence-corrected chi connectivity index (χ2v) is 24.9. The van der Waals surface area contributed by atoms with E-state index in [4.69, 9.17) is 33.5 Å². The SMILES string of the molecule is CC(C)(C)OC(=O)COc1ccc(C(F)(F)F)cc1-c1cccc(C=O)c1.CC(C)(C)OC(=O)COc1ccc(C(F)(F)F)cc1-c1cccc(CNCc2nccs2)c1.CCCCOC(=O)N(Cc1cccc(-c2cc(C(F)(F)F)ccc2OCC(=O)O)c1)Cc1nccs1. The van der Waals surface area contributed by atoms with Gasteiger partial charge < -0.3 is 38.8 Å². The van der Waals surface area contributed by atoms with Gasteiger partial charge in [-0.1, -0.05) is 67.9 Å². The number of aromatic nitrogens is 2. The summed E-state index contributed by atoms with van der Waals surface area (Å²) < 4.78 is 151. The number of rotatable bonds is 24. The lowest BCUT2D eigenvalue weighted by molar-refractivity contribution is -0.158. The summed E-state index contributed by atoms with van der Waals surface area (Å²) in [5.74, 6) is -2.25. The molecule has 0 atom stereocenters. The Hall–Kier alpha value is -9.34. The smallest absolute Gasteiger partial charge is 0.416 e. The minimum atomic E-state index is -4.59. The van der Waals surface area contributed by atoms with Crippen LogP contribution in [0, 0.1) is 0 Å². The van der Waals surface area contributed by atoms with Crippen LogP contribution in [-0.4, -0.2) is 87.9 Å². The van der Waals surface area contributed by atoms with Crippen LogP contribution in [0.3, 0.4) is 0 Å². The third-order valence-corrected chi connectivity index (χ3v) is 14.4. The van der Waals surface area contributed by atoms with Crippen LogP contribution in [0.4, 0.5) is 44.3 Å². The molecule has 0 aliphatic carbocycles. The molecule has 0 aliphatic rings. The number of benzene rings is 6. The number of carbonyl (C=O) groups excluding carboxylic acids is 4. The lowest BCUT2D eigenvalue weighted by atomic mass is 9.99. The zero-order valence-corrected chi connectivity index (χ0v) is 54.7. The molecule has 2 N–H and O–H groups in total. The molecule has 2 aromatic heterocycles. The number of carboxylic acid groups (broad SMARTS) is 1. The summed E-state index contributed by atoms with van der Waals surface area (Å²) in [6.07, 6.45) is -8.61. The Morgan fingerprint density at radius 3 is 1.41 bits per heavy atom. The van der Waals surface area contributed by atoms with Crippen molar-refractivity contribution in [2.45, 2.75) is 117 Å². The number of carbonyl (C=O) groups is 5. The zero-order chi connectivity index (χ0) is 70.4. The Bertz CT molecular complexity index is 3870. The Morgan fingerprint density at radius 1 is 0.542 bits per heavy atom. The van der Waals surface area contributed by atoms with Gasteiger partial charge in [-0.15, -0.1) is 22.7 Å². The molecule has 96 heavy (non-hydrogen) atoms. The molecule has 6 aromatic carbocycles. The van der Waals surface area contributed by atoms with Gasteiger partial charge in [-0.25, -0.2) is 29.1 Å². The molecule has 0 spiro atoms. The third-order valence-electron chi connectivity index (χ3n) is 12.9. The van der Waals surface area contributed by atoms with E-state index in [9.17, 15) is 63.5 Å². The first-order valence-electron chi connectivity index (χ1n) is 29.5. The Morgan fingerprint density at radius 2 is 0.979 bits per heavy atom. The second kappa shape index (κ2) is 34.4. The fourth-order valence-electron chi connectivity index (χ4n) is 8.74. The molecule has 0 saturated heterocycles. The normalized spacial score (nSPS) is 11.6. The average molecular weight is 1380 g/mol. The molecular formula is C69H69F9N4O12S2. The number of nitrogens with one attached hydrogen (secondary N) is 1. The van der Waals surface area contributed by atoms with Crippen molar-refractivity contribution in [2.75, 3.05) is 26.4 Å². The Labute approximate surface area is 555 Å². The molecule has 512 valence electrons. The average Bonchev–Trinajstić information content (AvgIpc) is 0.908. The first-order valence-corrected chi connectivity index (χ1v) is 31.2. The van der Waals surface area contributed by atoms with Crippen LogP contribution in [-0.2, 0) is 73.3 Å². The summed E-state index contributed by atoms with van der Waals surface area (Å²) in [6, 6.07) is 28.9. The van der Waals surface area contributed by atoms with E-state index < -0.39 is 90.2 Å². The van der Waals surface area contributed by atoms with E-state index in [2.05, 4.69) is 15.3 Å². The largest absolute Gasteiger partial charge is 0.481 e. The molecule has 0 saturated carbocycles. The van der Waals surface area contributed by atoms with Gasteiger partial charge in [0.15, 0.2) is 19.8 Å². The third kappa shape index (κ3) is 25.1. The van der Waals surface area contributed by atoms with Crippen molar-refractivity contribution in [3.05, 3.63) is 194 Å². The molecule has 2 heterocycles. The van der Waals surface area contributed by atoms with E-state index in [-0.39, 0.29) is 53.6 Å². The van der Waals surface area contributed by atoms with Crippen LogP contribution in [0.15, 0.2) is 151 Å². The van der Waals surface area contributed by atoms with Crippen molar-refractivity contribution in [3.63, 3.8) is 0 Å². The highest BCUT2D eigenvalue weighted by atomic mass is 32.1. The van der Waals surface area contributed by atoms with E-state index in [0.717, 1.165) is 71.9 Å². The summed E-state index contributed by atoms with van der Waals surface area (Å²) in [5.41, 5.74) is -0.363. The summed E-state index contributed by atoms with van der Waals surface area (Å²) in [6.45, 7) is 12.4. The number of halogens is 9. The minimum absolute atomic E-state index is 0.00108. The first kappa shape index (κ1) is 75.7. The van der Waals surface area contributed by atoms with Gasteiger partial charge in [0.05, 0.1) is 29.8 Å². The fraction of sp³-hybridized carbons (Fsp3) is 0.319. The molecule has 8 rings (SSSR count). The van der Waals surface area contributed by atoms with Crippen LogP contribution in [0.5, 0.6) is 17.2 Å². The van der Waals surface area contributed by atoms with E-state index in [1.165, 1.54) is 34.4 Å². The van der Waals surface area contributed by atoms with Crippen molar-refractivity contribution < 1.29 is 97.0 Å². The number of ether oxygens (including phenoxy) is 6. The van der Waals surface area contributed by atoms with Crippen molar-refractivity contribution in [1.82, 2.24) is 20.2 Å². The fourth-order valence-corrected chi connectivity index (χ4v) is 9.96. The summed E-state index contributed by atoms with van der Waals surface area (Å²) >= 11 is 2.93. The highest BCUT2D eigenvalue weighted by Crippen LogP contribution is 2.41. The topological polar surface area (TPSA) is 202 Å². The van der Waals surface area contributed by atoms with Crippen LogP contribution >= 0.6 is 22.7 Å². The van der Waals surface area contributed by atoms with Gasteiger partial charge in [-0.2, -0.15) is 39.5 Å². The number of aliphatic carboxylic acids is 1. The lowest BCUT2D eigenvalue weighted by Crippen LogP contribution is -2.31. The van der Waals surface area contributed by atoms with Crippen LogP contribution < -0.4 is 19.5 Å². The number of unbranched alkanes of at least 4 members (excludes halogenated alkanes) is 1. The second-order valence-electron chi connectivity index (χ2n) is 23.0. The quantitative estimate of drug-likeness (QED) is 0.0190. The zero-order valence-electron chi connectivity index (χ0n) is 53.1. The summed E-state index contributed by atoms with van der Waals surface area (Å²) in [7, 11) is 0. The number of nitrogens with zero attached hydrogens (tertiary/aromatic N) is 3. The van der Waals surface area contributed by atoms with E-state index in [1.54, 1.807) is 125 Å². The number of thiazole rings is 2. The van der Waals surface area contributed by atoms with Crippen molar-refractivity contribution in [1.29, 1.82) is 0 Å². The number of hydrogen-bond acceptors (Lipinski definition) is 16. The van der Waals surface area contributed by atoms with Crippen LogP contribution in [0.1, 0.15) is 109 Å². The molecule has 8 aromatic rings. The minimum Gasteiger partial charge on any atom is -0.481 e. The van der Waals surface area contributed by atoms with Gasteiger partial charge in [0.1, 0.15) is 44.8 Å². The highest BCUT2D eigenvalue weighted by Gasteiger charge is 2.34. The Kier molecular flexibility index (Phi) is 27.1. The maximum atomic E-state index is 13.4. The van der Waals surface area contributed by atoms with Crippen molar-refractivity contribution >= 4 is 53.0 Å². The summed E-state index contributed by atoms with van der Waals surface area (Å²) in [5, 5.41) is 17.6. The molecule has 0 fully saturated rings.